The summed E-state index contributed by atoms with van der Waals surface area (Å²) in [5.41, 5.74) is 0. The molecule has 0 radical (unpaired) electrons. The van der Waals surface area contributed by atoms with Gasteiger partial charge in [-0.3, -0.25) is 0 Å². The number of ether oxygens (including phenoxy) is 1. The third-order valence-electron chi connectivity index (χ3n) is 3.15. The van der Waals surface area contributed by atoms with Gasteiger partial charge in [-0.15, -0.1) is 0 Å². The van der Waals surface area contributed by atoms with E-state index in [1.807, 2.05) is 12.4 Å². The molecule has 5 nitrogen and oxygen atoms in total. The highest BCUT2D eigenvalue weighted by Crippen LogP contribution is 2.14. The molecule has 104 valence electrons. The number of nitrogens with zero attached hydrogens (tertiary/aromatic N) is 3. The van der Waals surface area contributed by atoms with Crippen molar-refractivity contribution in [2.75, 3.05) is 45.2 Å². The minimum atomic E-state index is 0.414. The second-order valence-electron chi connectivity index (χ2n) is 4.41. The molecule has 0 aliphatic carbocycles. The van der Waals surface area contributed by atoms with E-state index in [9.17, 15) is 0 Å². The lowest BCUT2D eigenvalue weighted by Crippen LogP contribution is -2.30. The van der Waals surface area contributed by atoms with Gasteiger partial charge in [0.2, 0.25) is 5.95 Å². The van der Waals surface area contributed by atoms with Crippen molar-refractivity contribution in [1.82, 2.24) is 14.5 Å². The Labute approximate surface area is 110 Å². The molecule has 1 aromatic rings. The molecule has 1 atom stereocenters. The lowest BCUT2D eigenvalue weighted by molar-refractivity contribution is 0.210. The molecule has 0 aliphatic rings. The number of rotatable bonds is 9. The van der Waals surface area contributed by atoms with Crippen molar-refractivity contribution in [3.05, 3.63) is 12.4 Å². The summed E-state index contributed by atoms with van der Waals surface area (Å²) in [6.07, 6.45) is 3.87. The molecule has 0 spiro atoms. The molecule has 0 amide bonds. The van der Waals surface area contributed by atoms with Crippen LogP contribution in [0.5, 0.6) is 0 Å². The summed E-state index contributed by atoms with van der Waals surface area (Å²) in [7, 11) is 1.71. The Balaban J connectivity index is 2.56. The van der Waals surface area contributed by atoms with Crippen molar-refractivity contribution in [3.8, 4) is 0 Å². The van der Waals surface area contributed by atoms with Gasteiger partial charge in [-0.05, 0) is 20.0 Å². The summed E-state index contributed by atoms with van der Waals surface area (Å²) < 4.78 is 7.22. The van der Waals surface area contributed by atoms with E-state index < -0.39 is 0 Å². The molecule has 0 aliphatic heterocycles. The summed E-state index contributed by atoms with van der Waals surface area (Å²) in [6, 6.07) is 0.414. The highest BCUT2D eigenvalue weighted by atomic mass is 16.5. The maximum atomic E-state index is 5.03. The van der Waals surface area contributed by atoms with E-state index >= 15 is 0 Å². The third-order valence-corrected chi connectivity index (χ3v) is 3.15. The fraction of sp³-hybridized carbons (Fsp3) is 0.769. The predicted molar refractivity (Wildman–Crippen MR) is 75.1 cm³/mol. The van der Waals surface area contributed by atoms with Gasteiger partial charge in [-0.1, -0.05) is 13.8 Å². The van der Waals surface area contributed by atoms with Crippen molar-refractivity contribution >= 4 is 5.95 Å². The van der Waals surface area contributed by atoms with E-state index in [-0.39, 0.29) is 0 Å². The van der Waals surface area contributed by atoms with Gasteiger partial charge in [0.15, 0.2) is 0 Å². The van der Waals surface area contributed by atoms with Crippen LogP contribution in [-0.4, -0.2) is 54.3 Å². The Bertz CT molecular complexity index is 323. The van der Waals surface area contributed by atoms with Crippen LogP contribution in [0.1, 0.15) is 26.8 Å². The topological polar surface area (TPSA) is 42.3 Å². The first-order valence-electron chi connectivity index (χ1n) is 6.70. The molecule has 18 heavy (non-hydrogen) atoms. The van der Waals surface area contributed by atoms with Gasteiger partial charge < -0.3 is 19.5 Å². The SMILES string of the molecule is CCN(CC)CC(C)n1ccnc1NCCOC. The molecule has 1 N–H and O–H groups in total. The van der Waals surface area contributed by atoms with Gasteiger partial charge in [0.25, 0.3) is 0 Å². The molecule has 5 heteroatoms. The zero-order valence-corrected chi connectivity index (χ0v) is 12.0. The third kappa shape index (κ3) is 4.31. The van der Waals surface area contributed by atoms with Crippen LogP contribution in [0.4, 0.5) is 5.95 Å². The molecule has 1 rings (SSSR count). The fourth-order valence-corrected chi connectivity index (χ4v) is 2.01. The zero-order chi connectivity index (χ0) is 13.4. The molecule has 0 saturated carbocycles. The first-order valence-corrected chi connectivity index (χ1v) is 6.70. The standard InChI is InChI=1S/C13H26N4O/c1-5-16(6-2)11-12(3)17-9-7-14-13(17)15-8-10-18-4/h7,9,12H,5-6,8,10-11H2,1-4H3,(H,14,15). The van der Waals surface area contributed by atoms with Crippen LogP contribution in [0.2, 0.25) is 0 Å². The summed E-state index contributed by atoms with van der Waals surface area (Å²) in [5, 5.41) is 3.29. The highest BCUT2D eigenvalue weighted by Gasteiger charge is 2.12. The van der Waals surface area contributed by atoms with E-state index in [4.69, 9.17) is 4.74 Å². The lowest BCUT2D eigenvalue weighted by atomic mass is 10.3. The maximum absolute atomic E-state index is 5.03. The van der Waals surface area contributed by atoms with Crippen LogP contribution in [0.25, 0.3) is 0 Å². The molecule has 1 heterocycles. The van der Waals surface area contributed by atoms with Crippen LogP contribution >= 0.6 is 0 Å². The summed E-state index contributed by atoms with van der Waals surface area (Å²) in [4.78, 5) is 6.77. The second kappa shape index (κ2) is 8.11. The highest BCUT2D eigenvalue weighted by molar-refractivity contribution is 5.26. The summed E-state index contributed by atoms with van der Waals surface area (Å²) in [6.45, 7) is 11.3. The Morgan fingerprint density at radius 3 is 2.78 bits per heavy atom. The smallest absolute Gasteiger partial charge is 0.203 e. The monoisotopic (exact) mass is 254 g/mol. The van der Waals surface area contributed by atoms with Crippen LogP contribution in [0, 0.1) is 0 Å². The quantitative estimate of drug-likeness (QED) is 0.683. The Morgan fingerprint density at radius 1 is 1.44 bits per heavy atom. The van der Waals surface area contributed by atoms with Gasteiger partial charge in [0, 0.05) is 38.6 Å². The molecule has 0 saturated heterocycles. The van der Waals surface area contributed by atoms with Crippen LogP contribution in [-0.2, 0) is 4.74 Å². The fourth-order valence-electron chi connectivity index (χ4n) is 2.01. The molecule has 0 bridgehead atoms. The van der Waals surface area contributed by atoms with E-state index in [0.717, 1.165) is 32.1 Å². The Hall–Kier alpha value is -1.07. The average molecular weight is 254 g/mol. The van der Waals surface area contributed by atoms with Crippen molar-refractivity contribution in [2.24, 2.45) is 0 Å². The number of imidazole rings is 1. The van der Waals surface area contributed by atoms with E-state index in [1.54, 1.807) is 7.11 Å². The van der Waals surface area contributed by atoms with Crippen molar-refractivity contribution in [1.29, 1.82) is 0 Å². The van der Waals surface area contributed by atoms with Gasteiger partial charge in [0.1, 0.15) is 0 Å². The molecular weight excluding hydrogens is 228 g/mol. The largest absolute Gasteiger partial charge is 0.383 e. The van der Waals surface area contributed by atoms with E-state index in [1.165, 1.54) is 0 Å². The normalized spacial score (nSPS) is 12.9. The van der Waals surface area contributed by atoms with Gasteiger partial charge in [0.05, 0.1) is 6.61 Å². The summed E-state index contributed by atoms with van der Waals surface area (Å²) >= 11 is 0. The number of hydrogen-bond donors (Lipinski definition) is 1. The number of likely N-dealkylation sites (N-methyl/N-ethyl adjacent to an activating group) is 1. The first kappa shape index (κ1) is 15.0. The number of anilines is 1. The molecular formula is C13H26N4O. The first-order chi connectivity index (χ1) is 8.72. The van der Waals surface area contributed by atoms with Gasteiger partial charge in [-0.2, -0.15) is 0 Å². The van der Waals surface area contributed by atoms with Crippen molar-refractivity contribution in [2.45, 2.75) is 26.8 Å². The van der Waals surface area contributed by atoms with Gasteiger partial charge >= 0.3 is 0 Å². The van der Waals surface area contributed by atoms with Gasteiger partial charge in [-0.25, -0.2) is 4.98 Å². The van der Waals surface area contributed by atoms with Crippen molar-refractivity contribution in [3.63, 3.8) is 0 Å². The van der Waals surface area contributed by atoms with E-state index in [0.29, 0.717) is 12.6 Å². The van der Waals surface area contributed by atoms with Crippen LogP contribution < -0.4 is 5.32 Å². The number of methoxy groups -OCH3 is 1. The maximum Gasteiger partial charge on any atom is 0.203 e. The van der Waals surface area contributed by atoms with Crippen LogP contribution in [0.3, 0.4) is 0 Å². The summed E-state index contributed by atoms with van der Waals surface area (Å²) in [5.74, 6) is 0.923. The van der Waals surface area contributed by atoms with Crippen LogP contribution in [0.15, 0.2) is 12.4 Å². The zero-order valence-electron chi connectivity index (χ0n) is 12.0. The number of nitrogens with one attached hydrogen (secondary N) is 1. The molecule has 1 unspecified atom stereocenters. The second-order valence-corrected chi connectivity index (χ2v) is 4.41. The minimum absolute atomic E-state index is 0.414. The minimum Gasteiger partial charge on any atom is -0.383 e. The molecule has 0 fully saturated rings. The molecule has 1 aromatic heterocycles. The lowest BCUT2D eigenvalue weighted by Gasteiger charge is -2.24. The van der Waals surface area contributed by atoms with E-state index in [2.05, 4.69) is 40.5 Å². The predicted octanol–water partition coefficient (Wildman–Crippen LogP) is 1.84. The Kier molecular flexibility index (Phi) is 6.75. The number of hydrogen-bond acceptors (Lipinski definition) is 4. The number of aromatic nitrogens is 2. The Morgan fingerprint density at radius 2 is 2.17 bits per heavy atom. The average Bonchev–Trinajstić information content (AvgIpc) is 2.84. The molecule has 0 aromatic carbocycles. The van der Waals surface area contributed by atoms with Crippen molar-refractivity contribution < 1.29 is 4.74 Å².